The number of benzene rings is 1. The van der Waals surface area contributed by atoms with Gasteiger partial charge in [0.1, 0.15) is 6.61 Å². The highest BCUT2D eigenvalue weighted by Crippen LogP contribution is 2.19. The second kappa shape index (κ2) is 10.4. The molecule has 1 atom stereocenters. The van der Waals surface area contributed by atoms with Crippen LogP contribution in [0.15, 0.2) is 30.3 Å². The molecule has 1 aromatic carbocycles. The Hall–Kier alpha value is -1.96. The van der Waals surface area contributed by atoms with Crippen LogP contribution in [0.5, 0.6) is 0 Å². The van der Waals surface area contributed by atoms with Crippen LogP contribution in [0, 0.1) is 5.92 Å². The van der Waals surface area contributed by atoms with E-state index >= 15 is 0 Å². The van der Waals surface area contributed by atoms with Gasteiger partial charge in [0.15, 0.2) is 0 Å². The molecule has 0 saturated carbocycles. The van der Waals surface area contributed by atoms with E-state index in [-0.39, 0.29) is 18.6 Å². The van der Waals surface area contributed by atoms with E-state index < -0.39 is 6.09 Å². The molecule has 1 aromatic rings. The van der Waals surface area contributed by atoms with Crippen molar-refractivity contribution in [3.63, 3.8) is 0 Å². The number of rotatable bonds is 7. The third-order valence-electron chi connectivity index (χ3n) is 6.63. The number of nitrogens with zero attached hydrogens (tertiary/aromatic N) is 3. The highest BCUT2D eigenvalue weighted by molar-refractivity contribution is 5.93. The second-order valence-electron chi connectivity index (χ2n) is 8.77. The predicted molar refractivity (Wildman–Crippen MR) is 115 cm³/mol. The summed E-state index contributed by atoms with van der Waals surface area (Å²) >= 11 is 0. The first kappa shape index (κ1) is 21.3. The van der Waals surface area contributed by atoms with E-state index in [4.69, 9.17) is 4.74 Å². The molecule has 7 heteroatoms. The Morgan fingerprint density at radius 2 is 1.73 bits per heavy atom. The van der Waals surface area contributed by atoms with Crippen molar-refractivity contribution in [3.05, 3.63) is 35.9 Å². The lowest BCUT2D eigenvalue weighted by molar-refractivity contribution is -0.129. The third kappa shape index (κ3) is 5.59. The molecule has 3 heterocycles. The maximum absolute atomic E-state index is 12.8. The summed E-state index contributed by atoms with van der Waals surface area (Å²) in [6.45, 7) is 8.63. The zero-order valence-electron chi connectivity index (χ0n) is 17.8. The fourth-order valence-electron chi connectivity index (χ4n) is 4.80. The summed E-state index contributed by atoms with van der Waals surface area (Å²) in [4.78, 5) is 31.2. The van der Waals surface area contributed by atoms with Crippen LogP contribution in [0.4, 0.5) is 4.79 Å². The van der Waals surface area contributed by atoms with Gasteiger partial charge in [-0.05, 0) is 43.8 Å². The Labute approximate surface area is 179 Å². The van der Waals surface area contributed by atoms with Crippen LogP contribution < -0.4 is 5.32 Å². The number of hydrogen-bond acceptors (Lipinski definition) is 6. The lowest BCUT2D eigenvalue weighted by Gasteiger charge is -2.37. The van der Waals surface area contributed by atoms with Gasteiger partial charge in [0, 0.05) is 45.7 Å². The number of amides is 2. The van der Waals surface area contributed by atoms with E-state index in [0.717, 1.165) is 50.7 Å². The summed E-state index contributed by atoms with van der Waals surface area (Å²) < 4.78 is 5.19. The molecule has 0 aromatic heterocycles. The summed E-state index contributed by atoms with van der Waals surface area (Å²) in [7, 11) is 0. The van der Waals surface area contributed by atoms with Crippen LogP contribution in [-0.2, 0) is 16.0 Å². The first-order valence-electron chi connectivity index (χ1n) is 11.4. The van der Waals surface area contributed by atoms with Gasteiger partial charge in [0.2, 0.25) is 5.91 Å². The molecule has 3 saturated heterocycles. The summed E-state index contributed by atoms with van der Waals surface area (Å²) in [6, 6.07) is 9.76. The molecule has 0 radical (unpaired) electrons. The average Bonchev–Trinajstić information content (AvgIpc) is 3.14. The largest absolute Gasteiger partial charge is 0.447 e. The Bertz CT molecular complexity index is 700. The van der Waals surface area contributed by atoms with Crippen molar-refractivity contribution in [2.24, 2.45) is 5.92 Å². The summed E-state index contributed by atoms with van der Waals surface area (Å²) in [5, 5.41) is 3.43. The smallest absolute Gasteiger partial charge is 0.416 e. The molecule has 0 bridgehead atoms. The molecule has 1 N–H and O–H groups in total. The van der Waals surface area contributed by atoms with Crippen LogP contribution >= 0.6 is 0 Å². The number of carbonyl (C=O) groups is 2. The molecule has 30 heavy (non-hydrogen) atoms. The highest BCUT2D eigenvalue weighted by Gasteiger charge is 2.37. The van der Waals surface area contributed by atoms with Crippen molar-refractivity contribution in [1.82, 2.24) is 20.0 Å². The Morgan fingerprint density at radius 3 is 2.47 bits per heavy atom. The molecule has 0 spiro atoms. The maximum Gasteiger partial charge on any atom is 0.416 e. The number of piperazine rings is 1. The fraction of sp³-hybridized carbons (Fsp3) is 0.652. The molecule has 0 aliphatic carbocycles. The van der Waals surface area contributed by atoms with Gasteiger partial charge >= 0.3 is 6.09 Å². The highest BCUT2D eigenvalue weighted by atomic mass is 16.6. The minimum atomic E-state index is -0.493. The van der Waals surface area contributed by atoms with Crippen LogP contribution in [0.1, 0.15) is 24.8 Å². The van der Waals surface area contributed by atoms with Crippen molar-refractivity contribution < 1.29 is 14.3 Å². The topological polar surface area (TPSA) is 65.1 Å². The summed E-state index contributed by atoms with van der Waals surface area (Å²) in [6.07, 6.45) is 3.09. The van der Waals surface area contributed by atoms with Gasteiger partial charge in [-0.15, -0.1) is 0 Å². The molecular weight excluding hydrogens is 380 g/mol. The number of cyclic esters (lactones) is 1. The predicted octanol–water partition coefficient (Wildman–Crippen LogP) is 1.58. The molecule has 164 valence electrons. The van der Waals surface area contributed by atoms with E-state index in [1.54, 1.807) is 0 Å². The van der Waals surface area contributed by atoms with Crippen molar-refractivity contribution in [3.8, 4) is 0 Å². The van der Waals surface area contributed by atoms with Crippen LogP contribution in [0.3, 0.4) is 0 Å². The number of carbonyl (C=O) groups excluding carboxylic acids is 2. The average molecular weight is 415 g/mol. The van der Waals surface area contributed by atoms with E-state index in [9.17, 15) is 9.59 Å². The van der Waals surface area contributed by atoms with Crippen molar-refractivity contribution >= 4 is 12.0 Å². The van der Waals surface area contributed by atoms with Gasteiger partial charge < -0.3 is 19.9 Å². The van der Waals surface area contributed by atoms with E-state index in [1.807, 2.05) is 30.3 Å². The number of nitrogens with one attached hydrogen (secondary N) is 1. The number of hydrogen-bond donors (Lipinski definition) is 1. The number of imide groups is 1. The molecule has 3 fully saturated rings. The molecule has 4 rings (SSSR count). The Balaban J connectivity index is 1.20. The first-order chi connectivity index (χ1) is 14.7. The van der Waals surface area contributed by atoms with Gasteiger partial charge in [0.25, 0.3) is 0 Å². The molecule has 7 nitrogen and oxygen atoms in total. The number of ether oxygens (including phenoxy) is 1. The van der Waals surface area contributed by atoms with Crippen LogP contribution in [0.2, 0.25) is 0 Å². The fourth-order valence-corrected chi connectivity index (χ4v) is 4.80. The van der Waals surface area contributed by atoms with E-state index in [0.29, 0.717) is 19.4 Å². The van der Waals surface area contributed by atoms with Crippen LogP contribution in [0.25, 0.3) is 0 Å². The van der Waals surface area contributed by atoms with Gasteiger partial charge in [0.05, 0.1) is 6.04 Å². The van der Waals surface area contributed by atoms with E-state index in [2.05, 4.69) is 15.1 Å². The van der Waals surface area contributed by atoms with Crippen molar-refractivity contribution in [2.45, 2.75) is 31.7 Å². The quantitative estimate of drug-likeness (QED) is 0.731. The first-order valence-corrected chi connectivity index (χ1v) is 11.4. The van der Waals surface area contributed by atoms with Crippen molar-refractivity contribution in [1.29, 1.82) is 0 Å². The van der Waals surface area contributed by atoms with Gasteiger partial charge in [-0.2, -0.15) is 0 Å². The molecule has 3 aliphatic rings. The van der Waals surface area contributed by atoms with Crippen molar-refractivity contribution in [2.75, 3.05) is 59.0 Å². The lowest BCUT2D eigenvalue weighted by Crippen LogP contribution is -2.49. The normalized spacial score (nSPS) is 24.2. The van der Waals surface area contributed by atoms with Gasteiger partial charge in [-0.1, -0.05) is 30.3 Å². The van der Waals surface area contributed by atoms with Gasteiger partial charge in [-0.3, -0.25) is 4.79 Å². The van der Waals surface area contributed by atoms with E-state index in [1.165, 1.54) is 24.3 Å². The molecular formula is C23H34N4O3. The zero-order chi connectivity index (χ0) is 20.8. The minimum Gasteiger partial charge on any atom is -0.447 e. The standard InChI is InChI=1S/C23H34N4O3/c28-22(27-21(18-30-23(27)29)16-19-4-2-1-3-5-19)8-11-25-12-14-26(15-13-25)17-20-6-9-24-10-7-20/h1-5,20-21,24H,6-18H2. The zero-order valence-corrected chi connectivity index (χ0v) is 17.8. The lowest BCUT2D eigenvalue weighted by atomic mass is 9.97. The number of piperidine rings is 1. The third-order valence-corrected chi connectivity index (χ3v) is 6.63. The maximum atomic E-state index is 12.8. The monoisotopic (exact) mass is 414 g/mol. The molecule has 1 unspecified atom stereocenters. The Morgan fingerprint density at radius 1 is 1.03 bits per heavy atom. The van der Waals surface area contributed by atoms with Crippen LogP contribution in [-0.4, -0.2) is 91.7 Å². The summed E-state index contributed by atoms with van der Waals surface area (Å²) in [5.41, 5.74) is 1.11. The summed E-state index contributed by atoms with van der Waals surface area (Å²) in [5.74, 6) is 0.706. The molecule has 2 amide bonds. The minimum absolute atomic E-state index is 0.115. The second-order valence-corrected chi connectivity index (χ2v) is 8.77. The molecule has 3 aliphatic heterocycles. The van der Waals surface area contributed by atoms with Gasteiger partial charge in [-0.25, -0.2) is 9.69 Å². The SMILES string of the molecule is O=C(CCN1CCN(CC2CCNCC2)CC1)N1C(=O)OCC1Cc1ccccc1. The Kier molecular flexibility index (Phi) is 7.36.